The van der Waals surface area contributed by atoms with Crippen LogP contribution < -0.4 is 0 Å². The maximum absolute atomic E-state index is 10.0. The average Bonchev–Trinajstić information content (AvgIpc) is 1.27. The summed E-state index contributed by atoms with van der Waals surface area (Å²) in [5.74, 6) is -0.0625. The van der Waals surface area contributed by atoms with Crippen molar-refractivity contribution < 1.29 is 44.0 Å². The van der Waals surface area contributed by atoms with Crippen molar-refractivity contribution >= 4 is 18.2 Å². The molecule has 67 valence electrons. The summed E-state index contributed by atoms with van der Waals surface area (Å²) in [7, 11) is 0. The van der Waals surface area contributed by atoms with E-state index in [1.54, 1.807) is 0 Å². The second-order valence-electron chi connectivity index (χ2n) is 1.40. The third-order valence-corrected chi connectivity index (χ3v) is 0.412. The molecule has 5 heteroatoms. The van der Waals surface area contributed by atoms with Gasteiger partial charge in [-0.2, -0.15) is 0 Å². The first-order valence-corrected chi connectivity index (χ1v) is 2.01. The molecule has 0 saturated heterocycles. The van der Waals surface area contributed by atoms with Crippen molar-refractivity contribution in [3.8, 4) is 0 Å². The molecule has 0 saturated carbocycles. The Bertz CT molecular complexity index is 112. The number of allylic oxidation sites excluding steroid dienone is 2. The van der Waals surface area contributed by atoms with Crippen molar-refractivity contribution in [1.29, 1.82) is 0 Å². The molecule has 0 aliphatic heterocycles. The van der Waals surface area contributed by atoms with E-state index >= 15 is 0 Å². The van der Waals surface area contributed by atoms with Gasteiger partial charge in [-0.3, -0.25) is 4.79 Å². The molecule has 0 aliphatic carbocycles. The molecular weight excluding hydrogens is 247 g/mol. The topological polar surface area (TPSA) is 37.3 Å². The van der Waals surface area contributed by atoms with Gasteiger partial charge in [0.15, 0.2) is 5.78 Å². The molecule has 0 spiro atoms. The Morgan fingerprint density at radius 1 is 1.40 bits per heavy atom. The molecule has 0 aromatic heterocycles. The molecule has 0 aromatic rings. The van der Waals surface area contributed by atoms with Crippen molar-refractivity contribution in [2.75, 3.05) is 0 Å². The number of carbonyl (C=O) groups excluding carboxylic acids is 1. The van der Waals surface area contributed by atoms with Crippen LogP contribution in [-0.4, -0.2) is 10.9 Å². The fourth-order valence-corrected chi connectivity index (χ4v) is 0.294. The van der Waals surface area contributed by atoms with E-state index in [-0.39, 0.29) is 58.1 Å². The van der Waals surface area contributed by atoms with Crippen LogP contribution >= 0.6 is 12.4 Å². The summed E-state index contributed by atoms with van der Waals surface area (Å²) >= 11 is 0. The minimum absolute atomic E-state index is 0. The molecular formula is C5H9ClCuFeO2. The van der Waals surface area contributed by atoms with Gasteiger partial charge in [0.1, 0.15) is 0 Å². The first-order chi connectivity index (χ1) is 3.13. The molecule has 0 amide bonds. The van der Waals surface area contributed by atoms with Crippen molar-refractivity contribution in [1.82, 2.24) is 0 Å². The molecule has 0 bridgehead atoms. The largest absolute Gasteiger partial charge is 0.512 e. The Kier molecular flexibility index (Phi) is 27.4. The Morgan fingerprint density at radius 3 is 1.70 bits per heavy atom. The number of rotatable bonds is 1. The van der Waals surface area contributed by atoms with E-state index in [1.807, 2.05) is 0 Å². The zero-order valence-corrected chi connectivity index (χ0v) is 8.36. The van der Waals surface area contributed by atoms with Gasteiger partial charge in [-0.25, -0.2) is 0 Å². The number of ketones is 1. The summed E-state index contributed by atoms with van der Waals surface area (Å²) in [5, 5.41) is 8.36. The van der Waals surface area contributed by atoms with Crippen LogP contribution in [0.3, 0.4) is 0 Å². The summed E-state index contributed by atoms with van der Waals surface area (Å²) in [5.41, 5.74) is 0. The molecule has 10 heavy (non-hydrogen) atoms. The maximum Gasteiger partial charge on any atom is 0.155 e. The van der Waals surface area contributed by atoms with Crippen LogP contribution in [0.4, 0.5) is 0 Å². The smallest absolute Gasteiger partial charge is 0.155 e. The van der Waals surface area contributed by atoms with Crippen molar-refractivity contribution in [3.63, 3.8) is 0 Å². The van der Waals surface area contributed by atoms with Crippen LogP contribution in [0.1, 0.15) is 13.8 Å². The van der Waals surface area contributed by atoms with Gasteiger partial charge >= 0.3 is 0 Å². The van der Waals surface area contributed by atoms with Crippen molar-refractivity contribution in [3.05, 3.63) is 11.8 Å². The Morgan fingerprint density at radius 2 is 1.70 bits per heavy atom. The predicted molar refractivity (Wildman–Crippen MR) is 34.3 cm³/mol. The first-order valence-electron chi connectivity index (χ1n) is 2.01. The number of aliphatic hydroxyl groups is 1. The van der Waals surface area contributed by atoms with Gasteiger partial charge in [-0.1, -0.05) is 0 Å². The van der Waals surface area contributed by atoms with E-state index in [9.17, 15) is 4.79 Å². The van der Waals surface area contributed by atoms with E-state index in [2.05, 4.69) is 0 Å². The normalized spacial score (nSPS) is 8.00. The maximum atomic E-state index is 10.0. The number of carbonyl (C=O) groups is 1. The standard InChI is InChI=1S/C5H8O2.ClH.Cu.Fe/c1-4(6)3-5(2)7;;;/h3,6H,1-2H3;1H;;/b4-3-;;;. The van der Waals surface area contributed by atoms with E-state index in [0.717, 1.165) is 0 Å². The predicted octanol–water partition coefficient (Wildman–Crippen LogP) is 1.45. The molecule has 0 rings (SSSR count). The first kappa shape index (κ1) is 22.4. The minimum atomic E-state index is -0.125. The van der Waals surface area contributed by atoms with Gasteiger partial charge in [0, 0.05) is 40.2 Å². The molecule has 1 radical (unpaired) electrons. The second kappa shape index (κ2) is 12.2. The summed E-state index contributed by atoms with van der Waals surface area (Å²) in [6.45, 7) is 2.85. The fourth-order valence-electron chi connectivity index (χ4n) is 0.294. The van der Waals surface area contributed by atoms with E-state index in [0.29, 0.717) is 0 Å². The van der Waals surface area contributed by atoms with Crippen molar-refractivity contribution in [2.45, 2.75) is 13.8 Å². The van der Waals surface area contributed by atoms with Gasteiger partial charge in [0.05, 0.1) is 5.76 Å². The Hall–Kier alpha value is 0.539. The molecule has 1 N–H and O–H groups in total. The number of halogens is 1. The number of hydrogen-bond donors (Lipinski definition) is 1. The summed E-state index contributed by atoms with van der Waals surface area (Å²) in [6, 6.07) is 0. The molecule has 0 aromatic carbocycles. The van der Waals surface area contributed by atoms with Crippen LogP contribution in [0, 0.1) is 0 Å². The van der Waals surface area contributed by atoms with Crippen molar-refractivity contribution in [2.24, 2.45) is 0 Å². The van der Waals surface area contributed by atoms with Gasteiger partial charge in [-0.15, -0.1) is 12.4 Å². The molecule has 2 nitrogen and oxygen atoms in total. The van der Waals surface area contributed by atoms with Crippen LogP contribution in [0.2, 0.25) is 0 Å². The van der Waals surface area contributed by atoms with Gasteiger partial charge < -0.3 is 5.11 Å². The zero-order valence-electron chi connectivity index (χ0n) is 5.50. The van der Waals surface area contributed by atoms with Gasteiger partial charge in [0.25, 0.3) is 0 Å². The average molecular weight is 256 g/mol. The fraction of sp³-hybridized carbons (Fsp3) is 0.400. The van der Waals surface area contributed by atoms with Gasteiger partial charge in [0.2, 0.25) is 0 Å². The SMILES string of the molecule is CC(=O)/C=C(/C)O.Cl.[Cu].[Fe]. The zero-order chi connectivity index (χ0) is 5.86. The molecule has 0 fully saturated rings. The summed E-state index contributed by atoms with van der Waals surface area (Å²) in [4.78, 5) is 10.0. The molecule has 0 unspecified atom stereocenters. The van der Waals surface area contributed by atoms with Crippen LogP contribution in [0.25, 0.3) is 0 Å². The van der Waals surface area contributed by atoms with E-state index in [1.165, 1.54) is 19.9 Å². The third-order valence-electron chi connectivity index (χ3n) is 0.412. The van der Waals surface area contributed by atoms with E-state index in [4.69, 9.17) is 5.11 Å². The molecule has 0 aliphatic rings. The quantitative estimate of drug-likeness (QED) is 0.438. The van der Waals surface area contributed by atoms with Crippen LogP contribution in [0.15, 0.2) is 11.8 Å². The van der Waals surface area contributed by atoms with Crippen LogP contribution in [-0.2, 0) is 38.9 Å². The Balaban J connectivity index is -0.0000000600. The van der Waals surface area contributed by atoms with Crippen LogP contribution in [0.5, 0.6) is 0 Å². The Labute approximate surface area is 87.8 Å². The number of aliphatic hydroxyl groups excluding tert-OH is 1. The monoisotopic (exact) mass is 255 g/mol. The van der Waals surface area contributed by atoms with E-state index < -0.39 is 0 Å². The minimum Gasteiger partial charge on any atom is -0.512 e. The molecule has 0 heterocycles. The third kappa shape index (κ3) is 23.6. The summed E-state index contributed by atoms with van der Waals surface area (Å²) < 4.78 is 0. The number of hydrogen-bond acceptors (Lipinski definition) is 2. The summed E-state index contributed by atoms with van der Waals surface area (Å²) in [6.07, 6.45) is 1.17. The molecule has 0 atom stereocenters. The second-order valence-corrected chi connectivity index (χ2v) is 1.40. The van der Waals surface area contributed by atoms with Gasteiger partial charge in [-0.05, 0) is 13.8 Å².